The van der Waals surface area contributed by atoms with E-state index >= 15 is 0 Å². The normalized spacial score (nSPS) is 14.9. The molecule has 0 atom stereocenters. The topological polar surface area (TPSA) is 111 Å². The van der Waals surface area contributed by atoms with Crippen molar-refractivity contribution in [1.82, 2.24) is 5.32 Å². The van der Waals surface area contributed by atoms with E-state index in [-0.39, 0.29) is 29.4 Å². The van der Waals surface area contributed by atoms with Crippen LogP contribution in [0.15, 0.2) is 42.0 Å². The number of imide groups is 2. The highest BCUT2D eigenvalue weighted by molar-refractivity contribution is 6.39. The molecule has 1 aliphatic heterocycles. The number of halogens is 1. The zero-order valence-electron chi connectivity index (χ0n) is 17.4. The number of ether oxygens (including phenoxy) is 3. The summed E-state index contributed by atoms with van der Waals surface area (Å²) >= 11 is 6.12. The van der Waals surface area contributed by atoms with Crippen LogP contribution in [0.1, 0.15) is 11.1 Å². The number of carbonyl (C=O) groups excluding carboxylic acids is 4. The van der Waals surface area contributed by atoms with Gasteiger partial charge >= 0.3 is 12.0 Å². The first-order valence-electron chi connectivity index (χ1n) is 9.30. The van der Waals surface area contributed by atoms with Gasteiger partial charge in [0.2, 0.25) is 0 Å². The van der Waals surface area contributed by atoms with Crippen LogP contribution in [0, 0.1) is 6.92 Å². The second-order valence-electron chi connectivity index (χ2n) is 6.67. The van der Waals surface area contributed by atoms with Crippen molar-refractivity contribution in [3.63, 3.8) is 0 Å². The third-order valence-corrected chi connectivity index (χ3v) is 4.99. The van der Waals surface area contributed by atoms with Crippen molar-refractivity contribution < 1.29 is 33.4 Å². The van der Waals surface area contributed by atoms with Crippen molar-refractivity contribution in [2.75, 3.05) is 25.7 Å². The minimum atomic E-state index is -0.874. The zero-order valence-corrected chi connectivity index (χ0v) is 18.2. The molecule has 0 bridgehead atoms. The van der Waals surface area contributed by atoms with Crippen LogP contribution in [-0.4, -0.2) is 44.6 Å². The number of nitrogens with one attached hydrogen (secondary N) is 1. The summed E-state index contributed by atoms with van der Waals surface area (Å²) in [6.07, 6.45) is 1.32. The van der Waals surface area contributed by atoms with Crippen molar-refractivity contribution in [3.8, 4) is 11.5 Å². The fourth-order valence-electron chi connectivity index (χ4n) is 2.87. The molecule has 1 aliphatic rings. The number of methoxy groups -OCH3 is 2. The van der Waals surface area contributed by atoms with E-state index in [0.29, 0.717) is 10.6 Å². The number of barbiturate groups is 1. The number of hydrogen-bond acceptors (Lipinski definition) is 7. The lowest BCUT2D eigenvalue weighted by atomic mass is 10.1. The highest BCUT2D eigenvalue weighted by Gasteiger charge is 2.37. The molecule has 0 aliphatic carbocycles. The minimum Gasteiger partial charge on any atom is -0.493 e. The van der Waals surface area contributed by atoms with Crippen LogP contribution in [0.2, 0.25) is 5.02 Å². The van der Waals surface area contributed by atoms with Crippen molar-refractivity contribution in [2.45, 2.75) is 6.92 Å². The molecule has 3 rings (SSSR count). The average molecular weight is 459 g/mol. The predicted octanol–water partition coefficient (Wildman–Crippen LogP) is 2.88. The van der Waals surface area contributed by atoms with Crippen LogP contribution in [-0.2, 0) is 19.1 Å². The largest absolute Gasteiger partial charge is 0.493 e. The molecule has 0 aromatic heterocycles. The Kier molecular flexibility index (Phi) is 6.79. The Labute approximate surface area is 188 Å². The number of aryl methyl sites for hydroxylation is 1. The van der Waals surface area contributed by atoms with Gasteiger partial charge in [-0.2, -0.15) is 0 Å². The molecule has 0 spiro atoms. The van der Waals surface area contributed by atoms with Crippen molar-refractivity contribution in [3.05, 3.63) is 58.1 Å². The number of carbonyl (C=O) groups is 4. The molecule has 0 unspecified atom stereocenters. The van der Waals surface area contributed by atoms with Gasteiger partial charge in [0.1, 0.15) is 5.57 Å². The third kappa shape index (κ3) is 4.73. The molecule has 32 heavy (non-hydrogen) atoms. The molecule has 9 nitrogen and oxygen atoms in total. The maximum absolute atomic E-state index is 13.0. The number of esters is 1. The number of anilines is 1. The molecule has 2 aromatic rings. The minimum absolute atomic E-state index is 0.227. The van der Waals surface area contributed by atoms with Crippen LogP contribution >= 0.6 is 11.6 Å². The monoisotopic (exact) mass is 458 g/mol. The predicted molar refractivity (Wildman–Crippen MR) is 116 cm³/mol. The summed E-state index contributed by atoms with van der Waals surface area (Å²) in [5, 5.41) is 2.52. The Morgan fingerprint density at radius 1 is 1.09 bits per heavy atom. The molecule has 10 heteroatoms. The van der Waals surface area contributed by atoms with E-state index in [1.54, 1.807) is 25.1 Å². The van der Waals surface area contributed by atoms with E-state index in [2.05, 4.69) is 10.1 Å². The first kappa shape index (κ1) is 22.8. The smallest absolute Gasteiger partial charge is 0.343 e. The molecule has 166 valence electrons. The molecule has 2 aromatic carbocycles. The number of benzene rings is 2. The van der Waals surface area contributed by atoms with E-state index in [4.69, 9.17) is 21.1 Å². The maximum Gasteiger partial charge on any atom is 0.343 e. The molecular formula is C22H19ClN2O7. The Hall–Kier alpha value is -3.85. The summed E-state index contributed by atoms with van der Waals surface area (Å²) in [5.74, 6) is -1.66. The van der Waals surface area contributed by atoms with Gasteiger partial charge in [-0.05, 0) is 48.4 Å². The van der Waals surface area contributed by atoms with Crippen LogP contribution in [0.4, 0.5) is 10.5 Å². The number of rotatable bonds is 6. The van der Waals surface area contributed by atoms with Gasteiger partial charge in [-0.25, -0.2) is 14.5 Å². The fourth-order valence-corrected chi connectivity index (χ4v) is 3.04. The summed E-state index contributed by atoms with van der Waals surface area (Å²) in [4.78, 5) is 49.8. The Bertz CT molecular complexity index is 1140. The van der Waals surface area contributed by atoms with Crippen molar-refractivity contribution in [1.29, 1.82) is 0 Å². The molecule has 1 fully saturated rings. The Morgan fingerprint density at radius 3 is 2.50 bits per heavy atom. The number of amides is 4. The van der Waals surface area contributed by atoms with Gasteiger partial charge in [0, 0.05) is 5.02 Å². The molecule has 4 amide bonds. The van der Waals surface area contributed by atoms with E-state index in [1.165, 1.54) is 38.5 Å². The van der Waals surface area contributed by atoms with Crippen LogP contribution < -0.4 is 19.7 Å². The van der Waals surface area contributed by atoms with Gasteiger partial charge in [0.25, 0.3) is 11.8 Å². The van der Waals surface area contributed by atoms with Crippen LogP contribution in [0.3, 0.4) is 0 Å². The lowest BCUT2D eigenvalue weighted by Gasteiger charge is -2.26. The molecule has 1 heterocycles. The van der Waals surface area contributed by atoms with Crippen molar-refractivity contribution in [2.24, 2.45) is 0 Å². The summed E-state index contributed by atoms with van der Waals surface area (Å²) in [6.45, 7) is 1.47. The van der Waals surface area contributed by atoms with Gasteiger partial charge in [-0.1, -0.05) is 23.7 Å². The summed E-state index contributed by atoms with van der Waals surface area (Å²) < 4.78 is 15.1. The highest BCUT2D eigenvalue weighted by atomic mass is 35.5. The quantitative estimate of drug-likeness (QED) is 0.402. The Morgan fingerprint density at radius 2 is 1.84 bits per heavy atom. The van der Waals surface area contributed by atoms with E-state index in [0.717, 1.165) is 10.5 Å². The van der Waals surface area contributed by atoms with Gasteiger partial charge in [0.15, 0.2) is 18.1 Å². The average Bonchev–Trinajstić information content (AvgIpc) is 2.77. The second kappa shape index (κ2) is 9.52. The van der Waals surface area contributed by atoms with E-state index in [9.17, 15) is 19.2 Å². The number of nitrogens with zero attached hydrogens (tertiary/aromatic N) is 1. The van der Waals surface area contributed by atoms with Crippen LogP contribution in [0.5, 0.6) is 11.5 Å². The van der Waals surface area contributed by atoms with Gasteiger partial charge in [-0.3, -0.25) is 14.9 Å². The summed E-state index contributed by atoms with van der Waals surface area (Å²) in [5.41, 5.74) is 1.17. The van der Waals surface area contributed by atoms with Gasteiger partial charge in [-0.15, -0.1) is 0 Å². The second-order valence-corrected chi connectivity index (χ2v) is 7.07. The zero-order chi connectivity index (χ0) is 23.4. The van der Waals surface area contributed by atoms with Crippen LogP contribution in [0.25, 0.3) is 6.08 Å². The molecular weight excluding hydrogens is 440 g/mol. The summed E-state index contributed by atoms with van der Waals surface area (Å²) in [7, 11) is 2.64. The lowest BCUT2D eigenvalue weighted by molar-refractivity contribution is -0.143. The van der Waals surface area contributed by atoms with Gasteiger partial charge < -0.3 is 14.2 Å². The standard InChI is InChI=1S/C22H19ClN2O7/c1-12-4-6-14(10-16(12)23)25-21(28)15(20(27)24-22(25)29)8-13-5-7-17(18(9-13)30-2)32-11-19(26)31-3/h4-10H,11H2,1-3H3,(H,24,27,29)/b15-8-. The molecule has 1 saturated heterocycles. The number of hydrogen-bond donors (Lipinski definition) is 1. The van der Waals surface area contributed by atoms with Gasteiger partial charge in [0.05, 0.1) is 19.9 Å². The molecule has 1 N–H and O–H groups in total. The summed E-state index contributed by atoms with van der Waals surface area (Å²) in [6, 6.07) is 8.41. The lowest BCUT2D eigenvalue weighted by Crippen LogP contribution is -2.54. The first-order chi connectivity index (χ1) is 15.2. The SMILES string of the molecule is COC(=O)COc1ccc(/C=C2/C(=O)NC(=O)N(c3ccc(C)c(Cl)c3)C2=O)cc1OC. The first-order valence-corrected chi connectivity index (χ1v) is 9.68. The van der Waals surface area contributed by atoms with E-state index in [1.807, 2.05) is 0 Å². The fraction of sp³-hybridized carbons (Fsp3) is 0.182. The maximum atomic E-state index is 13.0. The highest BCUT2D eigenvalue weighted by Crippen LogP contribution is 2.30. The Balaban J connectivity index is 1.93. The molecule has 0 radical (unpaired) electrons. The van der Waals surface area contributed by atoms with E-state index < -0.39 is 23.8 Å². The number of urea groups is 1. The molecule has 0 saturated carbocycles. The third-order valence-electron chi connectivity index (χ3n) is 4.59. The van der Waals surface area contributed by atoms with Crippen molar-refractivity contribution >= 4 is 47.2 Å².